The first-order valence-electron chi connectivity index (χ1n) is 6.74. The fourth-order valence-corrected chi connectivity index (χ4v) is 4.93. The highest BCUT2D eigenvalue weighted by atomic mass is 16.7. The molecular weight excluding hydrogens is 204 g/mol. The maximum Gasteiger partial charge on any atom is 0.176 e. The lowest BCUT2D eigenvalue weighted by molar-refractivity contribution is -0.268. The van der Waals surface area contributed by atoms with E-state index in [-0.39, 0.29) is 12.0 Å². The number of hydrogen-bond acceptors (Lipinski definition) is 3. The van der Waals surface area contributed by atoms with Crippen molar-refractivity contribution in [3.8, 4) is 0 Å². The van der Waals surface area contributed by atoms with Crippen LogP contribution in [-0.4, -0.2) is 30.2 Å². The van der Waals surface area contributed by atoms with Crippen LogP contribution in [0.3, 0.4) is 0 Å². The van der Waals surface area contributed by atoms with E-state index < -0.39 is 5.79 Å². The molecule has 0 aromatic heterocycles. The number of rotatable bonds is 0. The average Bonchev–Trinajstić information content (AvgIpc) is 2.68. The third kappa shape index (κ3) is 1.14. The van der Waals surface area contributed by atoms with Gasteiger partial charge in [0.25, 0.3) is 0 Å². The fourth-order valence-electron chi connectivity index (χ4n) is 4.93. The maximum atomic E-state index is 10.4. The molecule has 16 heavy (non-hydrogen) atoms. The first kappa shape index (κ1) is 9.86. The number of aliphatic hydroxyl groups excluding tert-OH is 1. The largest absolute Gasteiger partial charge is 0.393 e. The molecule has 3 heteroatoms. The Kier molecular flexibility index (Phi) is 1.98. The lowest BCUT2D eigenvalue weighted by atomic mass is 9.64. The molecule has 4 aliphatic carbocycles. The summed E-state index contributed by atoms with van der Waals surface area (Å²) in [5, 5.41) is 10.4. The SMILES string of the molecule is OC1C[C@H]2C[C@@H]3C[C@H](C2)C2(OCCO2)[C@H]1C3. The minimum Gasteiger partial charge on any atom is -0.393 e. The summed E-state index contributed by atoms with van der Waals surface area (Å²) >= 11 is 0. The predicted octanol–water partition coefficient (Wildman–Crippen LogP) is 1.55. The second-order valence-corrected chi connectivity index (χ2v) is 6.20. The van der Waals surface area contributed by atoms with Gasteiger partial charge in [-0.2, -0.15) is 0 Å². The smallest absolute Gasteiger partial charge is 0.176 e. The van der Waals surface area contributed by atoms with Crippen LogP contribution in [-0.2, 0) is 9.47 Å². The van der Waals surface area contributed by atoms with Crippen LogP contribution in [0.1, 0.15) is 32.1 Å². The minimum atomic E-state index is -0.398. The zero-order valence-corrected chi connectivity index (χ0v) is 9.60. The molecule has 1 unspecified atom stereocenters. The van der Waals surface area contributed by atoms with Gasteiger partial charge in [0.1, 0.15) is 0 Å². The van der Waals surface area contributed by atoms with Gasteiger partial charge in [-0.15, -0.1) is 0 Å². The van der Waals surface area contributed by atoms with Crippen molar-refractivity contribution in [3.05, 3.63) is 0 Å². The molecule has 0 aromatic rings. The van der Waals surface area contributed by atoms with Crippen molar-refractivity contribution in [1.29, 1.82) is 0 Å². The Morgan fingerprint density at radius 1 is 0.875 bits per heavy atom. The molecule has 5 aliphatic rings. The predicted molar refractivity (Wildman–Crippen MR) is 57.7 cm³/mol. The number of ether oxygens (including phenoxy) is 2. The van der Waals surface area contributed by atoms with E-state index in [0.717, 1.165) is 37.9 Å². The van der Waals surface area contributed by atoms with Crippen molar-refractivity contribution < 1.29 is 14.6 Å². The van der Waals surface area contributed by atoms with E-state index in [0.29, 0.717) is 5.92 Å². The van der Waals surface area contributed by atoms with E-state index in [1.165, 1.54) is 19.3 Å². The summed E-state index contributed by atoms with van der Waals surface area (Å²) < 4.78 is 12.0. The van der Waals surface area contributed by atoms with E-state index >= 15 is 0 Å². The average molecular weight is 224 g/mol. The maximum absolute atomic E-state index is 10.4. The molecule has 5 fully saturated rings. The highest BCUT2D eigenvalue weighted by Crippen LogP contribution is 2.58. The lowest BCUT2D eigenvalue weighted by Crippen LogP contribution is -2.54. The van der Waals surface area contributed by atoms with Crippen LogP contribution in [0.4, 0.5) is 0 Å². The van der Waals surface area contributed by atoms with Gasteiger partial charge < -0.3 is 14.6 Å². The van der Waals surface area contributed by atoms with Crippen molar-refractivity contribution in [3.63, 3.8) is 0 Å². The second-order valence-electron chi connectivity index (χ2n) is 6.20. The molecule has 4 saturated carbocycles. The van der Waals surface area contributed by atoms with Crippen LogP contribution in [0.25, 0.3) is 0 Å². The zero-order valence-electron chi connectivity index (χ0n) is 9.60. The number of aliphatic hydroxyl groups is 1. The number of hydrogen-bond donors (Lipinski definition) is 1. The molecular formula is C13H20O3. The summed E-state index contributed by atoms with van der Waals surface area (Å²) in [6.45, 7) is 1.43. The first-order valence-corrected chi connectivity index (χ1v) is 6.74. The van der Waals surface area contributed by atoms with Crippen LogP contribution >= 0.6 is 0 Å². The molecule has 0 aromatic carbocycles. The van der Waals surface area contributed by atoms with Crippen molar-refractivity contribution in [1.82, 2.24) is 0 Å². The van der Waals surface area contributed by atoms with Gasteiger partial charge in [0.15, 0.2) is 5.79 Å². The molecule has 5 atom stereocenters. The van der Waals surface area contributed by atoms with Crippen LogP contribution < -0.4 is 0 Å². The second kappa shape index (κ2) is 3.21. The third-order valence-corrected chi connectivity index (χ3v) is 5.35. The van der Waals surface area contributed by atoms with Crippen molar-refractivity contribution in [2.45, 2.75) is 44.0 Å². The van der Waals surface area contributed by atoms with Gasteiger partial charge in [0.2, 0.25) is 0 Å². The van der Waals surface area contributed by atoms with Crippen LogP contribution in [0, 0.1) is 23.7 Å². The standard InChI is InChI=1S/C13H20O3/c14-12-7-9-3-8-4-10(5-9)13(11(12)6-8)15-1-2-16-13/h8-12,14H,1-7H2/t8-,9+,10-,11+,12?/m1/s1. The van der Waals surface area contributed by atoms with Gasteiger partial charge in [-0.1, -0.05) is 0 Å². The van der Waals surface area contributed by atoms with Gasteiger partial charge in [0.05, 0.1) is 19.3 Å². The van der Waals surface area contributed by atoms with E-state index in [1.807, 2.05) is 0 Å². The topological polar surface area (TPSA) is 38.7 Å². The summed E-state index contributed by atoms with van der Waals surface area (Å²) in [5.74, 6) is 1.94. The molecule has 5 rings (SSSR count). The van der Waals surface area contributed by atoms with E-state index in [4.69, 9.17) is 9.47 Å². The molecule has 90 valence electrons. The van der Waals surface area contributed by atoms with Crippen LogP contribution in [0.2, 0.25) is 0 Å². The van der Waals surface area contributed by atoms with Gasteiger partial charge in [-0.3, -0.25) is 0 Å². The van der Waals surface area contributed by atoms with Gasteiger partial charge in [-0.05, 0) is 43.9 Å². The fraction of sp³-hybridized carbons (Fsp3) is 1.00. The molecule has 4 bridgehead atoms. The van der Waals surface area contributed by atoms with Gasteiger partial charge in [-0.25, -0.2) is 0 Å². The first-order chi connectivity index (χ1) is 7.78. The van der Waals surface area contributed by atoms with E-state index in [2.05, 4.69) is 0 Å². The Bertz CT molecular complexity index is 298. The monoisotopic (exact) mass is 224 g/mol. The van der Waals surface area contributed by atoms with E-state index in [1.54, 1.807) is 0 Å². The van der Waals surface area contributed by atoms with Crippen LogP contribution in [0.5, 0.6) is 0 Å². The Balaban J connectivity index is 1.77. The summed E-state index contributed by atoms with van der Waals surface area (Å²) in [6.07, 6.45) is 5.71. The lowest BCUT2D eigenvalue weighted by Gasteiger charge is -2.49. The highest BCUT2D eigenvalue weighted by molar-refractivity contribution is 5.05. The summed E-state index contributed by atoms with van der Waals surface area (Å²) in [6, 6.07) is 0. The zero-order chi connectivity index (χ0) is 10.8. The summed E-state index contributed by atoms with van der Waals surface area (Å²) in [7, 11) is 0. The Morgan fingerprint density at radius 3 is 2.31 bits per heavy atom. The summed E-state index contributed by atoms with van der Waals surface area (Å²) in [4.78, 5) is 0. The van der Waals surface area contributed by atoms with E-state index in [9.17, 15) is 5.11 Å². The number of fused-ring (bicyclic) bond motifs is 1. The Morgan fingerprint density at radius 2 is 1.56 bits per heavy atom. The molecule has 1 saturated heterocycles. The molecule has 0 radical (unpaired) electrons. The molecule has 0 amide bonds. The summed E-state index contributed by atoms with van der Waals surface area (Å²) in [5.41, 5.74) is 0. The Hall–Kier alpha value is -0.120. The van der Waals surface area contributed by atoms with Gasteiger partial charge in [0, 0.05) is 11.8 Å². The highest BCUT2D eigenvalue weighted by Gasteiger charge is 2.60. The Labute approximate surface area is 96.1 Å². The molecule has 1 N–H and O–H groups in total. The quantitative estimate of drug-likeness (QED) is 0.678. The normalized spacial score (nSPS) is 53.4. The molecule has 1 spiro atoms. The van der Waals surface area contributed by atoms with Crippen molar-refractivity contribution in [2.24, 2.45) is 23.7 Å². The third-order valence-electron chi connectivity index (χ3n) is 5.35. The minimum absolute atomic E-state index is 0.196. The van der Waals surface area contributed by atoms with Crippen LogP contribution in [0.15, 0.2) is 0 Å². The molecule has 1 heterocycles. The molecule has 1 aliphatic heterocycles. The van der Waals surface area contributed by atoms with Crippen molar-refractivity contribution >= 4 is 0 Å². The van der Waals surface area contributed by atoms with Crippen molar-refractivity contribution in [2.75, 3.05) is 13.2 Å². The molecule has 3 nitrogen and oxygen atoms in total. The van der Waals surface area contributed by atoms with Gasteiger partial charge >= 0.3 is 0 Å².